The first-order valence-electron chi connectivity index (χ1n) is 10.3. The number of rotatable bonds is 2. The van der Waals surface area contributed by atoms with Crippen molar-refractivity contribution in [2.75, 3.05) is 18.0 Å². The lowest BCUT2D eigenvalue weighted by molar-refractivity contribution is 0.0304. The number of ketones is 1. The Hall–Kier alpha value is -3.58. The van der Waals surface area contributed by atoms with E-state index in [-0.39, 0.29) is 5.78 Å². The smallest absolute Gasteiger partial charge is 0.187 e. The summed E-state index contributed by atoms with van der Waals surface area (Å²) in [6, 6.07) is 23.6. The average molecular weight is 394 g/mol. The van der Waals surface area contributed by atoms with Gasteiger partial charge in [-0.05, 0) is 54.3 Å². The number of benzene rings is 3. The maximum atomic E-state index is 13.2. The van der Waals surface area contributed by atoms with Gasteiger partial charge in [0.1, 0.15) is 11.4 Å². The summed E-state index contributed by atoms with van der Waals surface area (Å²) in [5.74, 6) is 0.806. The zero-order chi connectivity index (χ0) is 20.6. The number of hydrogen-bond donors (Lipinski definition) is 0. The summed E-state index contributed by atoms with van der Waals surface area (Å²) in [6.07, 6.45) is 2.28. The highest BCUT2D eigenvalue weighted by Crippen LogP contribution is 2.41. The lowest BCUT2D eigenvalue weighted by atomic mass is 9.83. The molecule has 0 bridgehead atoms. The van der Waals surface area contributed by atoms with Gasteiger partial charge in [0.05, 0.1) is 25.1 Å². The van der Waals surface area contributed by atoms with Gasteiger partial charge >= 0.3 is 0 Å². The van der Waals surface area contributed by atoms with E-state index in [0.29, 0.717) is 23.4 Å². The normalized spacial score (nSPS) is 20.4. The molecular weight excluding hydrogens is 372 g/mol. The molecule has 0 aliphatic carbocycles. The number of ether oxygens (including phenoxy) is 1. The van der Waals surface area contributed by atoms with Gasteiger partial charge in [0.15, 0.2) is 11.5 Å². The van der Waals surface area contributed by atoms with Crippen LogP contribution in [0.25, 0.3) is 16.0 Å². The number of hydrogen-bond acceptors (Lipinski definition) is 3. The van der Waals surface area contributed by atoms with Crippen LogP contribution in [0.15, 0.2) is 72.8 Å². The van der Waals surface area contributed by atoms with Crippen molar-refractivity contribution in [2.45, 2.75) is 24.9 Å². The predicted octanol–water partition coefficient (Wildman–Crippen LogP) is 5.91. The number of anilines is 1. The number of nitrogens with zero attached hydrogens (tertiary/aromatic N) is 2. The summed E-state index contributed by atoms with van der Waals surface area (Å²) in [5.41, 5.74) is 3.81. The molecule has 2 aliphatic heterocycles. The van der Waals surface area contributed by atoms with Gasteiger partial charge in [-0.15, -0.1) is 0 Å². The average Bonchev–Trinajstić information content (AvgIpc) is 2.79. The van der Waals surface area contributed by atoms with Crippen LogP contribution < -0.4 is 9.64 Å². The largest absolute Gasteiger partial charge is 0.484 e. The van der Waals surface area contributed by atoms with Crippen molar-refractivity contribution < 1.29 is 9.53 Å². The van der Waals surface area contributed by atoms with Crippen LogP contribution in [0.4, 0.5) is 11.4 Å². The van der Waals surface area contributed by atoms with Gasteiger partial charge in [-0.3, -0.25) is 4.79 Å². The summed E-state index contributed by atoms with van der Waals surface area (Å²) < 4.78 is 6.51. The SMILES string of the molecule is [C-]#[N+]c1cccc(-c2ccc3c(c2)C(=O)CC2(CCCN(c4ccccc4)C2)O3)c1. The van der Waals surface area contributed by atoms with Gasteiger partial charge in [-0.25, -0.2) is 4.85 Å². The Morgan fingerprint density at radius 2 is 1.80 bits per heavy atom. The molecular formula is C26H22N2O2. The lowest BCUT2D eigenvalue weighted by Crippen LogP contribution is -2.54. The number of Topliss-reactive ketones (excluding diaryl/α,β-unsaturated/α-hetero) is 1. The third-order valence-corrected chi connectivity index (χ3v) is 6.06. The molecule has 1 fully saturated rings. The Labute approximate surface area is 176 Å². The van der Waals surface area contributed by atoms with Crippen LogP contribution in [-0.4, -0.2) is 24.5 Å². The first-order valence-corrected chi connectivity index (χ1v) is 10.3. The molecule has 1 spiro atoms. The molecule has 3 aromatic carbocycles. The maximum absolute atomic E-state index is 13.2. The molecule has 3 aromatic rings. The molecule has 2 heterocycles. The summed E-state index contributed by atoms with van der Waals surface area (Å²) in [7, 11) is 0. The van der Waals surface area contributed by atoms with Crippen LogP contribution in [0.2, 0.25) is 0 Å². The molecule has 30 heavy (non-hydrogen) atoms. The minimum Gasteiger partial charge on any atom is -0.484 e. The van der Waals surface area contributed by atoms with E-state index in [4.69, 9.17) is 11.3 Å². The van der Waals surface area contributed by atoms with Gasteiger partial charge in [0.25, 0.3) is 0 Å². The molecule has 5 rings (SSSR count). The molecule has 1 unspecified atom stereocenters. The summed E-state index contributed by atoms with van der Waals surface area (Å²) >= 11 is 0. The topological polar surface area (TPSA) is 33.9 Å². The van der Waals surface area contributed by atoms with Crippen LogP contribution in [0, 0.1) is 6.57 Å². The van der Waals surface area contributed by atoms with E-state index < -0.39 is 5.60 Å². The quantitative estimate of drug-likeness (QED) is 0.507. The van der Waals surface area contributed by atoms with Gasteiger partial charge < -0.3 is 9.64 Å². The fourth-order valence-corrected chi connectivity index (χ4v) is 4.61. The highest BCUT2D eigenvalue weighted by atomic mass is 16.5. The van der Waals surface area contributed by atoms with E-state index in [9.17, 15) is 4.79 Å². The van der Waals surface area contributed by atoms with Crippen molar-refractivity contribution in [1.29, 1.82) is 0 Å². The highest BCUT2D eigenvalue weighted by Gasteiger charge is 2.43. The Balaban J connectivity index is 1.44. The second-order valence-electron chi connectivity index (χ2n) is 8.12. The zero-order valence-electron chi connectivity index (χ0n) is 16.7. The Kier molecular flexibility index (Phi) is 4.52. The van der Waals surface area contributed by atoms with Crippen molar-refractivity contribution in [1.82, 2.24) is 0 Å². The van der Waals surface area contributed by atoms with Crippen molar-refractivity contribution in [3.8, 4) is 16.9 Å². The van der Waals surface area contributed by atoms with Gasteiger partial charge in [0.2, 0.25) is 0 Å². The molecule has 0 amide bonds. The third-order valence-electron chi connectivity index (χ3n) is 6.06. The highest BCUT2D eigenvalue weighted by molar-refractivity contribution is 6.01. The van der Waals surface area contributed by atoms with Gasteiger partial charge in [0, 0.05) is 12.2 Å². The first kappa shape index (κ1) is 18.4. The molecule has 0 aromatic heterocycles. The molecule has 1 atom stereocenters. The van der Waals surface area contributed by atoms with E-state index in [1.165, 1.54) is 5.69 Å². The van der Waals surface area contributed by atoms with Crippen molar-refractivity contribution in [2.24, 2.45) is 0 Å². The molecule has 2 aliphatic rings. The Bertz CT molecular complexity index is 1150. The molecule has 0 saturated carbocycles. The van der Waals surface area contributed by atoms with Crippen molar-refractivity contribution >= 4 is 17.2 Å². The van der Waals surface area contributed by atoms with E-state index in [2.05, 4.69) is 21.9 Å². The van der Waals surface area contributed by atoms with Gasteiger partial charge in [-0.2, -0.15) is 0 Å². The van der Waals surface area contributed by atoms with Crippen LogP contribution in [0.5, 0.6) is 5.75 Å². The maximum Gasteiger partial charge on any atom is 0.187 e. The molecule has 0 N–H and O–H groups in total. The first-order chi connectivity index (χ1) is 14.7. The van der Waals surface area contributed by atoms with E-state index in [0.717, 1.165) is 37.1 Å². The predicted molar refractivity (Wildman–Crippen MR) is 118 cm³/mol. The van der Waals surface area contributed by atoms with Gasteiger partial charge in [-0.1, -0.05) is 42.5 Å². The van der Waals surface area contributed by atoms with Crippen LogP contribution in [0.3, 0.4) is 0 Å². The number of carbonyl (C=O) groups is 1. The van der Waals surface area contributed by atoms with Crippen molar-refractivity contribution in [3.63, 3.8) is 0 Å². The van der Waals surface area contributed by atoms with Crippen LogP contribution >= 0.6 is 0 Å². The standard InChI is InChI=1S/C26H22N2O2/c1-27-21-8-5-7-19(15-21)20-11-12-25-23(16-20)24(29)17-26(30-25)13-6-14-28(18-26)22-9-3-2-4-10-22/h2-5,7-12,15-16H,6,13-14,17-18H2. The fourth-order valence-electron chi connectivity index (χ4n) is 4.61. The molecule has 4 nitrogen and oxygen atoms in total. The molecule has 0 radical (unpaired) electrons. The molecule has 1 saturated heterocycles. The number of carbonyl (C=O) groups excluding carboxylic acids is 1. The van der Waals surface area contributed by atoms with E-state index in [1.807, 2.05) is 54.6 Å². The second kappa shape index (κ2) is 7.35. The molecule has 4 heteroatoms. The number of fused-ring (bicyclic) bond motifs is 1. The third kappa shape index (κ3) is 3.33. The summed E-state index contributed by atoms with van der Waals surface area (Å²) in [5, 5.41) is 0. The summed E-state index contributed by atoms with van der Waals surface area (Å²) in [4.78, 5) is 19.0. The Morgan fingerprint density at radius 1 is 0.967 bits per heavy atom. The van der Waals surface area contributed by atoms with Crippen LogP contribution in [0.1, 0.15) is 29.6 Å². The fraction of sp³-hybridized carbons (Fsp3) is 0.231. The van der Waals surface area contributed by atoms with Crippen molar-refractivity contribution in [3.05, 3.63) is 89.8 Å². The minimum absolute atomic E-state index is 0.134. The second-order valence-corrected chi connectivity index (χ2v) is 8.12. The lowest BCUT2D eigenvalue weighted by Gasteiger charge is -2.45. The van der Waals surface area contributed by atoms with E-state index in [1.54, 1.807) is 6.07 Å². The minimum atomic E-state index is -0.469. The Morgan fingerprint density at radius 3 is 2.63 bits per heavy atom. The summed E-state index contributed by atoms with van der Waals surface area (Å²) in [6.45, 7) is 8.92. The molecule has 148 valence electrons. The van der Waals surface area contributed by atoms with Crippen LogP contribution in [-0.2, 0) is 0 Å². The zero-order valence-corrected chi connectivity index (χ0v) is 16.7. The number of piperidine rings is 1. The monoisotopic (exact) mass is 394 g/mol. The number of para-hydroxylation sites is 1. The van der Waals surface area contributed by atoms with E-state index >= 15 is 0 Å².